The van der Waals surface area contributed by atoms with Gasteiger partial charge in [-0.15, -0.1) is 0 Å². The Hall–Kier alpha value is -0.610. The van der Waals surface area contributed by atoms with E-state index in [1.807, 2.05) is 0 Å². The predicted molar refractivity (Wildman–Crippen MR) is 80.9 cm³/mol. The summed E-state index contributed by atoms with van der Waals surface area (Å²) in [5, 5.41) is 17.1. The van der Waals surface area contributed by atoms with E-state index in [0.717, 1.165) is 64.6 Å². The molecule has 2 N–H and O–H groups in total. The Balaban J connectivity index is 2.94. The Morgan fingerprint density at radius 2 is 1.15 bits per heavy atom. The van der Waals surface area contributed by atoms with Crippen LogP contribution in [0.3, 0.4) is 0 Å². The zero-order valence-electron chi connectivity index (χ0n) is 12.8. The highest BCUT2D eigenvalue weighted by molar-refractivity contribution is 5.66. The van der Waals surface area contributed by atoms with Crippen molar-refractivity contribution >= 4 is 5.97 Å². The highest BCUT2D eigenvalue weighted by Gasteiger charge is 1.97. The molecule has 0 aromatic heterocycles. The van der Waals surface area contributed by atoms with Gasteiger partial charge in [0.1, 0.15) is 0 Å². The van der Waals surface area contributed by atoms with Crippen molar-refractivity contribution in [2.45, 2.75) is 77.0 Å². The molecule has 4 nitrogen and oxygen atoms in total. The predicted octanol–water partition coefficient (Wildman–Crippen LogP) is 3.76. The van der Waals surface area contributed by atoms with Gasteiger partial charge >= 0.3 is 5.97 Å². The van der Waals surface area contributed by atoms with E-state index < -0.39 is 5.97 Å². The third-order valence-electron chi connectivity index (χ3n) is 3.38. The number of carboxylic acids is 1. The molecular formula is C16H32O4. The van der Waals surface area contributed by atoms with Crippen LogP contribution in [0.25, 0.3) is 0 Å². The Morgan fingerprint density at radius 3 is 1.65 bits per heavy atom. The first-order valence-corrected chi connectivity index (χ1v) is 8.17. The Morgan fingerprint density at radius 1 is 0.700 bits per heavy atom. The van der Waals surface area contributed by atoms with E-state index in [1.165, 1.54) is 19.3 Å². The molecule has 0 bridgehead atoms. The largest absolute Gasteiger partial charge is 0.481 e. The third kappa shape index (κ3) is 17.4. The van der Waals surface area contributed by atoms with Gasteiger partial charge in [-0.3, -0.25) is 4.79 Å². The Bertz CT molecular complexity index is 207. The molecule has 0 unspecified atom stereocenters. The van der Waals surface area contributed by atoms with Gasteiger partial charge in [-0.05, 0) is 25.7 Å². The highest BCUT2D eigenvalue weighted by Crippen LogP contribution is 2.08. The maximum atomic E-state index is 10.3. The van der Waals surface area contributed by atoms with E-state index in [2.05, 4.69) is 0 Å². The van der Waals surface area contributed by atoms with E-state index in [1.54, 1.807) is 0 Å². The summed E-state index contributed by atoms with van der Waals surface area (Å²) in [6.45, 7) is 2.01. The maximum absolute atomic E-state index is 10.3. The molecule has 0 fully saturated rings. The monoisotopic (exact) mass is 288 g/mol. The van der Waals surface area contributed by atoms with Gasteiger partial charge in [-0.2, -0.15) is 0 Å². The minimum absolute atomic E-state index is 0.303. The quantitative estimate of drug-likeness (QED) is 0.424. The summed E-state index contributed by atoms with van der Waals surface area (Å²) in [4.78, 5) is 10.3. The van der Waals surface area contributed by atoms with Gasteiger partial charge in [-0.25, -0.2) is 0 Å². The van der Waals surface area contributed by atoms with Gasteiger partial charge in [0.2, 0.25) is 0 Å². The fourth-order valence-electron chi connectivity index (χ4n) is 2.14. The van der Waals surface area contributed by atoms with Gasteiger partial charge in [-0.1, -0.05) is 44.9 Å². The van der Waals surface area contributed by atoms with Gasteiger partial charge < -0.3 is 14.9 Å². The topological polar surface area (TPSA) is 66.8 Å². The van der Waals surface area contributed by atoms with E-state index in [4.69, 9.17) is 14.9 Å². The van der Waals surface area contributed by atoms with Crippen LogP contribution in [0, 0.1) is 0 Å². The molecule has 0 rings (SSSR count). The van der Waals surface area contributed by atoms with Crippen LogP contribution < -0.4 is 0 Å². The van der Waals surface area contributed by atoms with Crippen molar-refractivity contribution in [3.05, 3.63) is 0 Å². The molecule has 120 valence electrons. The van der Waals surface area contributed by atoms with E-state index in [0.29, 0.717) is 13.0 Å². The molecule has 0 saturated carbocycles. The molecule has 0 aromatic rings. The van der Waals surface area contributed by atoms with Crippen LogP contribution in [-0.4, -0.2) is 36.0 Å². The first-order valence-electron chi connectivity index (χ1n) is 8.17. The molecule has 0 saturated heterocycles. The van der Waals surface area contributed by atoms with Crippen molar-refractivity contribution in [3.63, 3.8) is 0 Å². The molecule has 0 amide bonds. The molecule has 0 spiro atoms. The van der Waals surface area contributed by atoms with Gasteiger partial charge in [0, 0.05) is 26.2 Å². The highest BCUT2D eigenvalue weighted by atomic mass is 16.5. The zero-order valence-corrected chi connectivity index (χ0v) is 12.8. The van der Waals surface area contributed by atoms with E-state index >= 15 is 0 Å². The summed E-state index contributed by atoms with van der Waals surface area (Å²) in [7, 11) is 0. The smallest absolute Gasteiger partial charge is 0.303 e. The number of hydrogen-bond donors (Lipinski definition) is 2. The summed E-state index contributed by atoms with van der Waals surface area (Å²) >= 11 is 0. The molecular weight excluding hydrogens is 256 g/mol. The number of carbonyl (C=O) groups is 1. The SMILES string of the molecule is O=C(O)CCCCCCCCCOCCCCCCO. The van der Waals surface area contributed by atoms with Gasteiger partial charge in [0.25, 0.3) is 0 Å². The van der Waals surface area contributed by atoms with Crippen LogP contribution in [-0.2, 0) is 9.53 Å². The standard InChI is InChI=1S/C16H32O4/c17-13-9-5-7-11-15-20-14-10-6-3-1-2-4-8-12-16(18)19/h17H,1-15H2,(H,18,19). The summed E-state index contributed by atoms with van der Waals surface area (Å²) in [5.41, 5.74) is 0. The van der Waals surface area contributed by atoms with Crippen molar-refractivity contribution in [2.24, 2.45) is 0 Å². The second kappa shape index (κ2) is 16.4. The second-order valence-corrected chi connectivity index (χ2v) is 5.37. The van der Waals surface area contributed by atoms with E-state index in [-0.39, 0.29) is 0 Å². The number of hydrogen-bond acceptors (Lipinski definition) is 3. The normalized spacial score (nSPS) is 10.8. The fraction of sp³-hybridized carbons (Fsp3) is 0.938. The number of aliphatic carboxylic acids is 1. The van der Waals surface area contributed by atoms with Crippen molar-refractivity contribution in [3.8, 4) is 0 Å². The van der Waals surface area contributed by atoms with Crippen molar-refractivity contribution < 1.29 is 19.7 Å². The molecule has 0 aliphatic rings. The first-order chi connectivity index (χ1) is 9.77. The second-order valence-electron chi connectivity index (χ2n) is 5.37. The minimum Gasteiger partial charge on any atom is -0.481 e. The van der Waals surface area contributed by atoms with Crippen molar-refractivity contribution in [1.82, 2.24) is 0 Å². The zero-order chi connectivity index (χ0) is 14.9. The first kappa shape index (κ1) is 19.4. The Labute approximate surface area is 123 Å². The van der Waals surface area contributed by atoms with Crippen LogP contribution in [0.4, 0.5) is 0 Å². The number of carboxylic acid groups (broad SMARTS) is 1. The summed E-state index contributed by atoms with van der Waals surface area (Å²) in [5.74, 6) is -0.682. The molecule has 20 heavy (non-hydrogen) atoms. The average Bonchev–Trinajstić information content (AvgIpc) is 2.43. The minimum atomic E-state index is -0.682. The Kier molecular flexibility index (Phi) is 15.9. The number of aliphatic hydroxyl groups is 1. The lowest BCUT2D eigenvalue weighted by Gasteiger charge is -2.04. The third-order valence-corrected chi connectivity index (χ3v) is 3.38. The van der Waals surface area contributed by atoms with Crippen LogP contribution in [0.1, 0.15) is 77.0 Å². The number of rotatable bonds is 16. The molecule has 0 aromatic carbocycles. The molecule has 4 heteroatoms. The van der Waals surface area contributed by atoms with Crippen molar-refractivity contribution in [1.29, 1.82) is 0 Å². The van der Waals surface area contributed by atoms with Crippen LogP contribution in [0.2, 0.25) is 0 Å². The van der Waals surface area contributed by atoms with Crippen LogP contribution >= 0.6 is 0 Å². The fourth-order valence-corrected chi connectivity index (χ4v) is 2.14. The lowest BCUT2D eigenvalue weighted by Crippen LogP contribution is -1.97. The lowest BCUT2D eigenvalue weighted by molar-refractivity contribution is -0.137. The molecule has 0 atom stereocenters. The molecule has 0 heterocycles. The summed E-state index contributed by atoms with van der Waals surface area (Å²) in [6, 6.07) is 0. The van der Waals surface area contributed by atoms with Crippen molar-refractivity contribution in [2.75, 3.05) is 19.8 Å². The average molecular weight is 288 g/mol. The number of ether oxygens (including phenoxy) is 1. The van der Waals surface area contributed by atoms with Gasteiger partial charge in [0.15, 0.2) is 0 Å². The maximum Gasteiger partial charge on any atom is 0.303 e. The lowest BCUT2D eigenvalue weighted by atomic mass is 10.1. The van der Waals surface area contributed by atoms with E-state index in [9.17, 15) is 4.79 Å². The molecule has 0 radical (unpaired) electrons. The molecule has 0 aliphatic heterocycles. The number of unbranched alkanes of at least 4 members (excludes halogenated alkanes) is 9. The number of aliphatic hydroxyl groups excluding tert-OH is 1. The van der Waals surface area contributed by atoms with Gasteiger partial charge in [0.05, 0.1) is 0 Å². The van der Waals surface area contributed by atoms with Crippen LogP contribution in [0.5, 0.6) is 0 Å². The summed E-state index contributed by atoms with van der Waals surface area (Å²) in [6.07, 6.45) is 12.4. The van der Waals surface area contributed by atoms with Crippen LogP contribution in [0.15, 0.2) is 0 Å². The summed E-state index contributed by atoms with van der Waals surface area (Å²) < 4.78 is 5.56. The molecule has 0 aliphatic carbocycles.